The van der Waals surface area contributed by atoms with Gasteiger partial charge < -0.3 is 15.0 Å². The van der Waals surface area contributed by atoms with Crippen molar-refractivity contribution in [3.63, 3.8) is 0 Å². The number of rotatable bonds is 9. The highest BCUT2D eigenvalue weighted by atomic mass is 32.2. The van der Waals surface area contributed by atoms with E-state index in [2.05, 4.69) is 5.32 Å². The van der Waals surface area contributed by atoms with Crippen LogP contribution in [0.4, 0.5) is 5.69 Å². The quantitative estimate of drug-likeness (QED) is 0.566. The van der Waals surface area contributed by atoms with Crippen LogP contribution in [-0.2, 0) is 26.2 Å². The highest BCUT2D eigenvalue weighted by molar-refractivity contribution is 7.92. The molecule has 0 fully saturated rings. The van der Waals surface area contributed by atoms with Crippen LogP contribution in [0.1, 0.15) is 44.4 Å². The zero-order chi connectivity index (χ0) is 26.6. The number of nitrogens with zero attached hydrogens (tertiary/aromatic N) is 2. The van der Waals surface area contributed by atoms with Crippen LogP contribution in [0.2, 0.25) is 0 Å². The Labute approximate surface area is 209 Å². The second-order valence-corrected chi connectivity index (χ2v) is 11.8. The van der Waals surface area contributed by atoms with Gasteiger partial charge in [0.25, 0.3) is 0 Å². The van der Waals surface area contributed by atoms with Crippen molar-refractivity contribution in [2.24, 2.45) is 0 Å². The number of hydrogen-bond acceptors (Lipinski definition) is 5. The summed E-state index contributed by atoms with van der Waals surface area (Å²) in [5.41, 5.74) is 2.50. The maximum absolute atomic E-state index is 13.6. The van der Waals surface area contributed by atoms with E-state index in [1.165, 1.54) is 12.0 Å². The third-order valence-electron chi connectivity index (χ3n) is 5.42. The zero-order valence-corrected chi connectivity index (χ0v) is 22.7. The van der Waals surface area contributed by atoms with E-state index in [-0.39, 0.29) is 18.1 Å². The molecule has 0 heterocycles. The van der Waals surface area contributed by atoms with Crippen LogP contribution in [-0.4, -0.2) is 56.6 Å². The molecule has 1 N–H and O–H groups in total. The van der Waals surface area contributed by atoms with Crippen LogP contribution in [0.15, 0.2) is 42.5 Å². The number of benzene rings is 2. The van der Waals surface area contributed by atoms with Crippen molar-refractivity contribution in [1.82, 2.24) is 10.2 Å². The molecule has 1 atom stereocenters. The van der Waals surface area contributed by atoms with Crippen molar-refractivity contribution in [2.45, 2.75) is 59.7 Å². The Morgan fingerprint density at radius 2 is 1.60 bits per heavy atom. The predicted molar refractivity (Wildman–Crippen MR) is 139 cm³/mol. The fourth-order valence-corrected chi connectivity index (χ4v) is 4.38. The van der Waals surface area contributed by atoms with Crippen molar-refractivity contribution in [3.8, 4) is 5.75 Å². The van der Waals surface area contributed by atoms with Crippen molar-refractivity contribution >= 4 is 27.5 Å². The van der Waals surface area contributed by atoms with Gasteiger partial charge in [-0.2, -0.15) is 0 Å². The van der Waals surface area contributed by atoms with E-state index >= 15 is 0 Å². The van der Waals surface area contributed by atoms with Gasteiger partial charge in [-0.3, -0.25) is 13.9 Å². The van der Waals surface area contributed by atoms with Crippen LogP contribution in [0, 0.1) is 13.8 Å². The Balaban J connectivity index is 2.47. The van der Waals surface area contributed by atoms with E-state index in [0.29, 0.717) is 5.75 Å². The lowest BCUT2D eigenvalue weighted by Gasteiger charge is -2.33. The standard InChI is InChI=1S/C26H37N3O5S/c1-18-9-12-21(13-10-18)16-28(20(3)25(31)27-26(4,5)6)24(30)17-29(35(8,32)33)22-15-19(2)11-14-23(22)34-7/h9-15,20H,16-17H2,1-8H3,(H,27,31)/t20-/m1/s1. The van der Waals surface area contributed by atoms with Crippen molar-refractivity contribution < 1.29 is 22.7 Å². The normalized spacial score (nSPS) is 12.6. The summed E-state index contributed by atoms with van der Waals surface area (Å²) in [6.07, 6.45) is 1.04. The van der Waals surface area contributed by atoms with Crippen molar-refractivity contribution in [2.75, 3.05) is 24.2 Å². The summed E-state index contributed by atoms with van der Waals surface area (Å²) in [6.45, 7) is 10.7. The topological polar surface area (TPSA) is 96.0 Å². The molecule has 2 rings (SSSR count). The number of anilines is 1. The second kappa shape index (κ2) is 11.1. The van der Waals surface area contributed by atoms with Gasteiger partial charge in [0, 0.05) is 12.1 Å². The number of methoxy groups -OCH3 is 1. The molecule has 2 aromatic rings. The SMILES string of the molecule is COc1ccc(C)cc1N(CC(=O)N(Cc1ccc(C)cc1)[C@H](C)C(=O)NC(C)(C)C)S(C)(=O)=O. The minimum atomic E-state index is -3.84. The monoisotopic (exact) mass is 503 g/mol. The molecule has 35 heavy (non-hydrogen) atoms. The maximum atomic E-state index is 13.6. The average Bonchev–Trinajstić information content (AvgIpc) is 2.74. The lowest BCUT2D eigenvalue weighted by Crippen LogP contribution is -2.54. The smallest absolute Gasteiger partial charge is 0.244 e. The number of carbonyl (C=O) groups is 2. The molecule has 0 aliphatic heterocycles. The van der Waals surface area contributed by atoms with E-state index < -0.39 is 34.1 Å². The number of ether oxygens (including phenoxy) is 1. The highest BCUT2D eigenvalue weighted by Crippen LogP contribution is 2.31. The number of carbonyl (C=O) groups excluding carboxylic acids is 2. The minimum Gasteiger partial charge on any atom is -0.495 e. The summed E-state index contributed by atoms with van der Waals surface area (Å²) in [5, 5.41) is 2.91. The first-order chi connectivity index (χ1) is 16.1. The largest absolute Gasteiger partial charge is 0.495 e. The zero-order valence-electron chi connectivity index (χ0n) is 21.9. The first-order valence-electron chi connectivity index (χ1n) is 11.4. The molecule has 2 aromatic carbocycles. The molecule has 0 aliphatic rings. The molecule has 0 spiro atoms. The van der Waals surface area contributed by atoms with Gasteiger partial charge in [-0.1, -0.05) is 35.9 Å². The van der Waals surface area contributed by atoms with Gasteiger partial charge in [-0.25, -0.2) is 8.42 Å². The Morgan fingerprint density at radius 3 is 2.11 bits per heavy atom. The lowest BCUT2D eigenvalue weighted by molar-refractivity contribution is -0.140. The number of amides is 2. The van der Waals surface area contributed by atoms with Crippen LogP contribution >= 0.6 is 0 Å². The first-order valence-corrected chi connectivity index (χ1v) is 13.3. The van der Waals surface area contributed by atoms with Crippen molar-refractivity contribution in [3.05, 3.63) is 59.2 Å². The van der Waals surface area contributed by atoms with E-state index in [1.807, 2.05) is 58.9 Å². The molecule has 0 unspecified atom stereocenters. The molecular weight excluding hydrogens is 466 g/mol. The fraction of sp³-hybridized carbons (Fsp3) is 0.462. The van der Waals surface area contributed by atoms with Gasteiger partial charge in [0.05, 0.1) is 19.1 Å². The van der Waals surface area contributed by atoms with E-state index in [4.69, 9.17) is 4.74 Å². The summed E-state index contributed by atoms with van der Waals surface area (Å²) in [5.74, 6) is -0.495. The summed E-state index contributed by atoms with van der Waals surface area (Å²) in [6, 6.07) is 11.9. The Bertz CT molecular complexity index is 1150. The van der Waals surface area contributed by atoms with Gasteiger partial charge in [-0.05, 0) is 64.8 Å². The van der Waals surface area contributed by atoms with E-state index in [0.717, 1.165) is 27.3 Å². The molecule has 0 aliphatic carbocycles. The second-order valence-electron chi connectivity index (χ2n) is 9.87. The van der Waals surface area contributed by atoms with Crippen LogP contribution in [0.25, 0.3) is 0 Å². The van der Waals surface area contributed by atoms with Gasteiger partial charge in [0.15, 0.2) is 0 Å². The molecule has 8 nitrogen and oxygen atoms in total. The van der Waals surface area contributed by atoms with Crippen molar-refractivity contribution in [1.29, 1.82) is 0 Å². The third-order valence-corrected chi connectivity index (χ3v) is 6.55. The average molecular weight is 504 g/mol. The van der Waals surface area contributed by atoms with Crippen LogP contribution in [0.5, 0.6) is 5.75 Å². The minimum absolute atomic E-state index is 0.153. The van der Waals surface area contributed by atoms with Gasteiger partial charge in [-0.15, -0.1) is 0 Å². The number of aryl methyl sites for hydroxylation is 2. The molecule has 192 valence electrons. The molecule has 0 saturated carbocycles. The molecule has 0 aromatic heterocycles. The molecule has 0 radical (unpaired) electrons. The molecule has 9 heteroatoms. The molecule has 0 bridgehead atoms. The summed E-state index contributed by atoms with van der Waals surface area (Å²) < 4.78 is 32.0. The number of sulfonamides is 1. The van der Waals surface area contributed by atoms with Gasteiger partial charge in [0.2, 0.25) is 21.8 Å². The highest BCUT2D eigenvalue weighted by Gasteiger charge is 2.32. The number of hydrogen-bond donors (Lipinski definition) is 1. The Hall–Kier alpha value is -3.07. The van der Waals surface area contributed by atoms with E-state index in [9.17, 15) is 18.0 Å². The fourth-order valence-electron chi connectivity index (χ4n) is 3.54. The first kappa shape index (κ1) is 28.2. The maximum Gasteiger partial charge on any atom is 0.244 e. The van der Waals surface area contributed by atoms with E-state index in [1.54, 1.807) is 25.1 Å². The molecular formula is C26H37N3O5S. The van der Waals surface area contributed by atoms with Crippen LogP contribution < -0.4 is 14.4 Å². The summed E-state index contributed by atoms with van der Waals surface area (Å²) >= 11 is 0. The summed E-state index contributed by atoms with van der Waals surface area (Å²) in [7, 11) is -2.40. The summed E-state index contributed by atoms with van der Waals surface area (Å²) in [4.78, 5) is 28.0. The predicted octanol–water partition coefficient (Wildman–Crippen LogP) is 3.41. The lowest BCUT2D eigenvalue weighted by atomic mass is 10.1. The van der Waals surface area contributed by atoms with Gasteiger partial charge in [0.1, 0.15) is 18.3 Å². The van der Waals surface area contributed by atoms with Gasteiger partial charge >= 0.3 is 0 Å². The number of nitrogens with one attached hydrogen (secondary N) is 1. The Kier molecular flexibility index (Phi) is 8.94. The Morgan fingerprint density at radius 1 is 1.03 bits per heavy atom. The third kappa shape index (κ3) is 7.99. The molecule has 2 amide bonds. The molecule has 0 saturated heterocycles. The van der Waals surface area contributed by atoms with Crippen LogP contribution in [0.3, 0.4) is 0 Å².